The molecule has 0 aliphatic heterocycles. The van der Waals surface area contributed by atoms with E-state index in [-0.39, 0.29) is 0 Å². The molecular weight excluding hydrogens is 466 g/mol. The fourth-order valence-corrected chi connectivity index (χ4v) is 5.50. The zero-order valence-corrected chi connectivity index (χ0v) is 20.3. The minimum Gasteiger partial charge on any atom is -0.456 e. The van der Waals surface area contributed by atoms with Gasteiger partial charge in [-0.15, -0.1) is 0 Å². The summed E-state index contributed by atoms with van der Waals surface area (Å²) in [5.74, 6) is 0.707. The fourth-order valence-electron chi connectivity index (χ4n) is 5.50. The second kappa shape index (κ2) is 8.15. The van der Waals surface area contributed by atoms with Crippen LogP contribution in [0.5, 0.6) is 0 Å². The van der Waals surface area contributed by atoms with Gasteiger partial charge in [-0.3, -0.25) is 0 Å². The van der Waals surface area contributed by atoms with Crippen LogP contribution in [0.2, 0.25) is 0 Å². The van der Waals surface area contributed by atoms with Gasteiger partial charge in [-0.2, -0.15) is 0 Å². The Morgan fingerprint density at radius 3 is 2.11 bits per heavy atom. The molecule has 178 valence electrons. The lowest BCUT2D eigenvalue weighted by Crippen LogP contribution is -1.94. The topological polar surface area (TPSA) is 54.7 Å². The van der Waals surface area contributed by atoms with Gasteiger partial charge in [0.1, 0.15) is 16.8 Å². The summed E-state index contributed by atoms with van der Waals surface area (Å²) in [5.41, 5.74) is 8.90. The first kappa shape index (κ1) is 20.9. The molecule has 0 aliphatic carbocycles. The van der Waals surface area contributed by atoms with Gasteiger partial charge >= 0.3 is 0 Å². The molecule has 4 heteroatoms. The highest BCUT2D eigenvalue weighted by atomic mass is 16.3. The van der Waals surface area contributed by atoms with Gasteiger partial charge in [-0.05, 0) is 35.4 Å². The highest BCUT2D eigenvalue weighted by Crippen LogP contribution is 2.40. The molecule has 0 unspecified atom stereocenters. The van der Waals surface area contributed by atoms with Gasteiger partial charge < -0.3 is 9.40 Å². The lowest BCUT2D eigenvalue weighted by atomic mass is 9.97. The van der Waals surface area contributed by atoms with Crippen molar-refractivity contribution in [2.24, 2.45) is 0 Å². The van der Waals surface area contributed by atoms with Crippen LogP contribution in [0, 0.1) is 0 Å². The maximum absolute atomic E-state index is 6.16. The minimum atomic E-state index is 0.707. The van der Waals surface area contributed by atoms with Gasteiger partial charge in [0, 0.05) is 32.8 Å². The molecule has 3 heterocycles. The van der Waals surface area contributed by atoms with Crippen molar-refractivity contribution >= 4 is 43.9 Å². The van der Waals surface area contributed by atoms with Crippen LogP contribution in [0.4, 0.5) is 0 Å². The first-order valence-electron chi connectivity index (χ1n) is 12.7. The van der Waals surface area contributed by atoms with Crippen LogP contribution >= 0.6 is 0 Å². The van der Waals surface area contributed by atoms with Crippen LogP contribution in [-0.2, 0) is 0 Å². The highest BCUT2D eigenvalue weighted by molar-refractivity contribution is 6.16. The number of H-pyrrole nitrogens is 1. The number of benzene rings is 5. The first-order chi connectivity index (χ1) is 18.8. The predicted octanol–water partition coefficient (Wildman–Crippen LogP) is 9.01. The Bertz CT molecular complexity index is 2120. The Kier molecular flexibility index (Phi) is 4.49. The van der Waals surface area contributed by atoms with Gasteiger partial charge in [0.15, 0.2) is 5.82 Å². The number of aromatic amines is 1. The largest absolute Gasteiger partial charge is 0.456 e. The second-order valence-corrected chi connectivity index (χ2v) is 9.51. The summed E-state index contributed by atoms with van der Waals surface area (Å²) in [6.07, 6.45) is 0. The number of furan rings is 1. The van der Waals surface area contributed by atoms with Crippen molar-refractivity contribution in [3.8, 4) is 33.8 Å². The number of para-hydroxylation sites is 1. The maximum atomic E-state index is 6.16. The lowest BCUT2D eigenvalue weighted by Gasteiger charge is -2.08. The van der Waals surface area contributed by atoms with E-state index >= 15 is 0 Å². The fraction of sp³-hybridized carbons (Fsp3) is 0. The Morgan fingerprint density at radius 2 is 1.26 bits per heavy atom. The Labute approximate surface area is 218 Å². The van der Waals surface area contributed by atoms with E-state index in [0.29, 0.717) is 5.82 Å². The van der Waals surface area contributed by atoms with Gasteiger partial charge in [-0.1, -0.05) is 97.1 Å². The maximum Gasteiger partial charge on any atom is 0.162 e. The summed E-state index contributed by atoms with van der Waals surface area (Å²) >= 11 is 0. The summed E-state index contributed by atoms with van der Waals surface area (Å²) in [6.45, 7) is 0. The number of fused-ring (bicyclic) bond motifs is 6. The first-order valence-corrected chi connectivity index (χ1v) is 12.7. The molecule has 0 atom stereocenters. The average Bonchev–Trinajstić information content (AvgIpc) is 3.55. The zero-order valence-electron chi connectivity index (χ0n) is 20.3. The molecule has 0 aliphatic rings. The summed E-state index contributed by atoms with van der Waals surface area (Å²) in [7, 11) is 0. The molecule has 0 radical (unpaired) electrons. The molecule has 1 N–H and O–H groups in total. The molecule has 0 amide bonds. The van der Waals surface area contributed by atoms with Crippen molar-refractivity contribution in [1.29, 1.82) is 0 Å². The van der Waals surface area contributed by atoms with E-state index in [2.05, 4.69) is 71.7 Å². The molecule has 0 spiro atoms. The van der Waals surface area contributed by atoms with Crippen LogP contribution in [-0.4, -0.2) is 15.0 Å². The van der Waals surface area contributed by atoms with Crippen LogP contribution in [0.15, 0.2) is 126 Å². The molecular formula is C34H21N3O. The van der Waals surface area contributed by atoms with Crippen molar-refractivity contribution < 1.29 is 4.42 Å². The number of hydrogen-bond acceptors (Lipinski definition) is 3. The van der Waals surface area contributed by atoms with Crippen molar-refractivity contribution in [3.63, 3.8) is 0 Å². The van der Waals surface area contributed by atoms with Crippen molar-refractivity contribution in [2.45, 2.75) is 0 Å². The normalized spacial score (nSPS) is 11.7. The summed E-state index contributed by atoms with van der Waals surface area (Å²) in [5, 5.41) is 4.38. The van der Waals surface area contributed by atoms with Gasteiger partial charge in [0.05, 0.1) is 11.1 Å². The van der Waals surface area contributed by atoms with E-state index in [1.54, 1.807) is 0 Å². The molecule has 5 aromatic carbocycles. The number of hydrogen-bond donors (Lipinski definition) is 1. The predicted molar refractivity (Wildman–Crippen MR) is 155 cm³/mol. The van der Waals surface area contributed by atoms with Crippen LogP contribution in [0.25, 0.3) is 77.6 Å². The van der Waals surface area contributed by atoms with E-state index in [1.807, 2.05) is 54.6 Å². The molecule has 38 heavy (non-hydrogen) atoms. The Hall–Kier alpha value is -5.22. The quantitative estimate of drug-likeness (QED) is 0.270. The number of nitrogens with zero attached hydrogens (tertiary/aromatic N) is 2. The monoisotopic (exact) mass is 487 g/mol. The number of nitrogens with one attached hydrogen (secondary N) is 1. The van der Waals surface area contributed by atoms with Crippen molar-refractivity contribution in [1.82, 2.24) is 15.0 Å². The van der Waals surface area contributed by atoms with E-state index in [1.165, 1.54) is 0 Å². The van der Waals surface area contributed by atoms with Crippen LogP contribution in [0.3, 0.4) is 0 Å². The number of rotatable bonds is 3. The van der Waals surface area contributed by atoms with E-state index < -0.39 is 0 Å². The molecule has 8 rings (SSSR count). The van der Waals surface area contributed by atoms with Crippen molar-refractivity contribution in [3.05, 3.63) is 121 Å². The molecule has 0 saturated heterocycles. The second-order valence-electron chi connectivity index (χ2n) is 9.51. The third-order valence-electron chi connectivity index (χ3n) is 7.24. The van der Waals surface area contributed by atoms with E-state index in [9.17, 15) is 0 Å². The lowest BCUT2D eigenvalue weighted by molar-refractivity contribution is 0.669. The van der Waals surface area contributed by atoms with Gasteiger partial charge in [-0.25, -0.2) is 9.97 Å². The third-order valence-corrected chi connectivity index (χ3v) is 7.24. The molecule has 0 saturated carbocycles. The molecule has 4 nitrogen and oxygen atoms in total. The summed E-state index contributed by atoms with van der Waals surface area (Å²) < 4.78 is 6.16. The minimum absolute atomic E-state index is 0.707. The molecule has 8 aromatic rings. The molecule has 0 bridgehead atoms. The number of aromatic nitrogens is 3. The zero-order chi connectivity index (χ0) is 25.1. The SMILES string of the molecule is c1ccc(-c2nc(-c3ccccc3)c3c(n2)[nH]c2ccc(-c4cccc5oc6ccccc6c45)cc23)cc1. The van der Waals surface area contributed by atoms with Gasteiger partial charge in [0.2, 0.25) is 0 Å². The van der Waals surface area contributed by atoms with E-state index in [0.717, 1.165) is 71.8 Å². The van der Waals surface area contributed by atoms with E-state index in [4.69, 9.17) is 14.4 Å². The highest BCUT2D eigenvalue weighted by Gasteiger charge is 2.18. The standard InChI is InChI=1S/C34H21N3O/c1-3-10-21(11-4-1)32-31-26-20-23(24-15-9-17-29-30(24)25-14-7-8-16-28(25)38-29)18-19-27(26)35-34(31)37-33(36-32)22-12-5-2-6-13-22/h1-20H,(H,35,36,37). The smallest absolute Gasteiger partial charge is 0.162 e. The molecule has 3 aromatic heterocycles. The third kappa shape index (κ3) is 3.17. The Balaban J connectivity index is 1.43. The summed E-state index contributed by atoms with van der Waals surface area (Å²) in [6, 6.07) is 41.5. The van der Waals surface area contributed by atoms with Gasteiger partial charge in [0.25, 0.3) is 0 Å². The Morgan fingerprint density at radius 1 is 0.526 bits per heavy atom. The van der Waals surface area contributed by atoms with Crippen molar-refractivity contribution in [2.75, 3.05) is 0 Å². The van der Waals surface area contributed by atoms with Crippen LogP contribution < -0.4 is 0 Å². The van der Waals surface area contributed by atoms with Crippen LogP contribution in [0.1, 0.15) is 0 Å². The summed E-state index contributed by atoms with van der Waals surface area (Å²) in [4.78, 5) is 13.6. The molecule has 0 fully saturated rings. The average molecular weight is 488 g/mol.